The van der Waals surface area contributed by atoms with Crippen LogP contribution in [0.2, 0.25) is 0 Å². The van der Waals surface area contributed by atoms with Crippen LogP contribution in [0.5, 0.6) is 23.0 Å². The number of hydrogen-bond acceptors (Lipinski definition) is 10. The molecule has 0 saturated carbocycles. The summed E-state index contributed by atoms with van der Waals surface area (Å²) in [5, 5.41) is 63.2. The standard InChI is InChI=1S/C13H13BO3.C13H11BrO.C12H11BO3.C7H9BO3.C6H4BrI/c1-17-13-5-3-2-4-12(13)10-6-8-11(9-7-10)14(15)16;1-15-13-5-3-2-4-12(13)10-6-8-11(14)9-7-10;14-12-4-2-1-3-11(12)9-5-7-10(8-6-9)13(15)16;1-11-7-5-3-2-4-6(7)8(9)10;7-5-1-3-6(8)4-2-5/h2-9,15-16H,1H3;2-9H,1H3;1-8,14-16H;2-5,9-10H,1H3;1-4H. The van der Waals surface area contributed by atoms with Crippen LogP contribution in [-0.4, -0.2) is 77.9 Å². The van der Waals surface area contributed by atoms with Crippen LogP contribution in [0.3, 0.4) is 0 Å². The van der Waals surface area contributed by atoms with Crippen molar-refractivity contribution in [3.05, 3.63) is 207 Å². The summed E-state index contributed by atoms with van der Waals surface area (Å²) in [7, 11) is 0.454. The SMILES string of the molecule is Brc1ccc(I)cc1.COc1ccccc1-c1ccc(B(O)O)cc1.COc1ccccc1-c1ccc(Br)cc1.COc1ccccc1B(O)O.OB(O)c1ccc(-c2ccccc2O)cc1. The van der Waals surface area contributed by atoms with Gasteiger partial charge in [-0.3, -0.25) is 0 Å². The second kappa shape index (κ2) is 28.7. The Balaban J connectivity index is 0.000000187. The zero-order chi connectivity index (χ0) is 48.7. The highest BCUT2D eigenvalue weighted by Crippen LogP contribution is 2.31. The van der Waals surface area contributed by atoms with Gasteiger partial charge in [0.05, 0.1) is 21.3 Å². The summed E-state index contributed by atoms with van der Waals surface area (Å²) >= 11 is 9.04. The highest BCUT2D eigenvalue weighted by molar-refractivity contribution is 14.1. The third-order valence-corrected chi connectivity index (χ3v) is 11.3. The summed E-state index contributed by atoms with van der Waals surface area (Å²) in [5.41, 5.74) is 7.09. The van der Waals surface area contributed by atoms with Crippen LogP contribution in [0.25, 0.3) is 33.4 Å². The van der Waals surface area contributed by atoms with E-state index in [9.17, 15) is 5.11 Å². The van der Waals surface area contributed by atoms with Gasteiger partial charge in [0.2, 0.25) is 0 Å². The summed E-state index contributed by atoms with van der Waals surface area (Å²) in [6, 6.07) is 59.6. The molecular weight excluding hydrogens is 1090 g/mol. The second-order valence-corrected chi connectivity index (χ2v) is 17.0. The molecule has 8 aromatic carbocycles. The Labute approximate surface area is 423 Å². The van der Waals surface area contributed by atoms with Gasteiger partial charge >= 0.3 is 21.4 Å². The number of aromatic hydroxyl groups is 1. The van der Waals surface area contributed by atoms with E-state index >= 15 is 0 Å². The maximum absolute atomic E-state index is 9.64. The number of hydrogen-bond donors (Lipinski definition) is 7. The topological polar surface area (TPSA) is 169 Å². The minimum absolute atomic E-state index is 0.208. The van der Waals surface area contributed by atoms with Gasteiger partial charge in [-0.1, -0.05) is 165 Å². The first-order valence-corrected chi connectivity index (χ1v) is 23.1. The molecule has 342 valence electrons. The van der Waals surface area contributed by atoms with E-state index in [1.165, 1.54) is 10.7 Å². The molecule has 0 spiro atoms. The molecule has 0 aromatic heterocycles. The maximum Gasteiger partial charge on any atom is 0.492 e. The second-order valence-electron chi connectivity index (χ2n) is 14.0. The third-order valence-electron chi connectivity index (χ3n) is 9.53. The lowest BCUT2D eigenvalue weighted by atomic mass is 9.80. The van der Waals surface area contributed by atoms with Crippen LogP contribution in [0, 0.1) is 3.57 Å². The number of methoxy groups -OCH3 is 3. The van der Waals surface area contributed by atoms with Crippen molar-refractivity contribution in [1.29, 1.82) is 0 Å². The Hall–Kier alpha value is -5.40. The lowest BCUT2D eigenvalue weighted by molar-refractivity contribution is 0.403. The monoisotopic (exact) mass is 1140 g/mol. The van der Waals surface area contributed by atoms with Crippen molar-refractivity contribution in [2.45, 2.75) is 0 Å². The number of rotatable bonds is 9. The molecule has 8 rings (SSSR count). The summed E-state index contributed by atoms with van der Waals surface area (Å²) in [6.45, 7) is 0. The molecule has 0 saturated heterocycles. The highest BCUT2D eigenvalue weighted by atomic mass is 127. The lowest BCUT2D eigenvalue weighted by Crippen LogP contribution is -2.30. The number of para-hydroxylation sites is 4. The van der Waals surface area contributed by atoms with Crippen LogP contribution in [0.15, 0.2) is 203 Å². The normalized spacial score (nSPS) is 9.85. The third kappa shape index (κ3) is 17.6. The van der Waals surface area contributed by atoms with Crippen molar-refractivity contribution >= 4 is 92.2 Å². The van der Waals surface area contributed by atoms with Crippen LogP contribution in [0.4, 0.5) is 0 Å². The number of benzene rings is 8. The zero-order valence-electron chi connectivity index (χ0n) is 36.7. The fourth-order valence-electron chi connectivity index (χ4n) is 6.09. The minimum atomic E-state index is -1.47. The molecule has 7 N–H and O–H groups in total. The van der Waals surface area contributed by atoms with E-state index in [0.717, 1.165) is 53.8 Å². The summed E-state index contributed by atoms with van der Waals surface area (Å²) < 4.78 is 19.0. The molecular formula is C51H48B3Br2IO10. The van der Waals surface area contributed by atoms with Gasteiger partial charge in [-0.2, -0.15) is 0 Å². The lowest BCUT2D eigenvalue weighted by Gasteiger charge is -2.08. The predicted molar refractivity (Wildman–Crippen MR) is 287 cm³/mol. The molecule has 0 atom stereocenters. The van der Waals surface area contributed by atoms with Gasteiger partial charge in [0, 0.05) is 34.7 Å². The minimum Gasteiger partial charge on any atom is -0.507 e. The van der Waals surface area contributed by atoms with Crippen molar-refractivity contribution in [2.75, 3.05) is 21.3 Å². The smallest absolute Gasteiger partial charge is 0.492 e. The van der Waals surface area contributed by atoms with E-state index in [0.29, 0.717) is 22.1 Å². The number of phenolic OH excluding ortho intramolecular Hbond substituents is 1. The van der Waals surface area contributed by atoms with Crippen LogP contribution in [0.1, 0.15) is 0 Å². The molecule has 67 heavy (non-hydrogen) atoms. The molecule has 16 heteroatoms. The maximum atomic E-state index is 9.64. The Morgan fingerprint density at radius 1 is 0.373 bits per heavy atom. The van der Waals surface area contributed by atoms with Crippen molar-refractivity contribution in [3.63, 3.8) is 0 Å². The molecule has 0 amide bonds. The van der Waals surface area contributed by atoms with Gasteiger partial charge in [-0.15, -0.1) is 0 Å². The summed E-state index contributed by atoms with van der Waals surface area (Å²) in [4.78, 5) is 0. The van der Waals surface area contributed by atoms with E-state index in [4.69, 9.17) is 44.4 Å². The van der Waals surface area contributed by atoms with Crippen LogP contribution in [-0.2, 0) is 0 Å². The predicted octanol–water partition coefficient (Wildman–Crippen LogP) is 8.33. The van der Waals surface area contributed by atoms with Crippen molar-refractivity contribution in [2.24, 2.45) is 0 Å². The first kappa shape index (κ1) is 54.2. The Morgan fingerprint density at radius 3 is 1.06 bits per heavy atom. The van der Waals surface area contributed by atoms with Gasteiger partial charge < -0.3 is 49.5 Å². The fourth-order valence-corrected chi connectivity index (χ4v) is 6.98. The van der Waals surface area contributed by atoms with Gasteiger partial charge in [-0.05, 0) is 111 Å². The van der Waals surface area contributed by atoms with Gasteiger partial charge in [0.15, 0.2) is 0 Å². The molecule has 0 radical (unpaired) electrons. The summed E-state index contributed by atoms with van der Waals surface area (Å²) in [5.74, 6) is 2.40. The molecule has 0 aliphatic heterocycles. The quantitative estimate of drug-likeness (QED) is 0.0552. The molecule has 0 bridgehead atoms. The van der Waals surface area contributed by atoms with E-state index < -0.39 is 21.4 Å². The average molecular weight is 1140 g/mol. The van der Waals surface area contributed by atoms with Gasteiger partial charge in [0.1, 0.15) is 23.0 Å². The van der Waals surface area contributed by atoms with Crippen molar-refractivity contribution in [3.8, 4) is 56.4 Å². The van der Waals surface area contributed by atoms with Crippen LogP contribution >= 0.6 is 54.5 Å². The van der Waals surface area contributed by atoms with Gasteiger partial charge in [0.25, 0.3) is 0 Å². The van der Waals surface area contributed by atoms with Crippen molar-refractivity contribution < 1.29 is 49.5 Å². The number of phenols is 1. The Bertz CT molecular complexity index is 2660. The fraction of sp³-hybridized carbons (Fsp3) is 0.0588. The first-order valence-electron chi connectivity index (χ1n) is 20.4. The van der Waals surface area contributed by atoms with Crippen LogP contribution < -0.4 is 30.6 Å². The molecule has 8 aromatic rings. The molecule has 0 aliphatic carbocycles. The Morgan fingerprint density at radius 2 is 0.701 bits per heavy atom. The largest absolute Gasteiger partial charge is 0.507 e. The van der Waals surface area contributed by atoms with E-state index in [1.54, 1.807) is 93.1 Å². The molecule has 0 aliphatic rings. The molecule has 0 unspecified atom stereocenters. The number of ether oxygens (including phenoxy) is 3. The first-order chi connectivity index (χ1) is 32.3. The highest BCUT2D eigenvalue weighted by Gasteiger charge is 2.15. The van der Waals surface area contributed by atoms with E-state index in [2.05, 4.69) is 84.8 Å². The van der Waals surface area contributed by atoms with E-state index in [-0.39, 0.29) is 5.75 Å². The Kier molecular flexibility index (Phi) is 23.2. The van der Waals surface area contributed by atoms with Crippen molar-refractivity contribution in [1.82, 2.24) is 0 Å². The van der Waals surface area contributed by atoms with E-state index in [1.807, 2.05) is 84.9 Å². The molecule has 0 fully saturated rings. The zero-order valence-corrected chi connectivity index (χ0v) is 42.0. The number of halogens is 3. The molecule has 0 heterocycles. The summed E-state index contributed by atoms with van der Waals surface area (Å²) in [6.07, 6.45) is 0. The average Bonchev–Trinajstić information content (AvgIpc) is 3.36. The molecule has 10 nitrogen and oxygen atoms in total. The van der Waals surface area contributed by atoms with Gasteiger partial charge in [-0.25, -0.2) is 0 Å².